The molecule has 234 valence electrons. The molecule has 12 heteroatoms. The summed E-state index contributed by atoms with van der Waals surface area (Å²) in [6, 6.07) is 17.2. The summed E-state index contributed by atoms with van der Waals surface area (Å²) in [6.07, 6.45) is 3.50. The first-order chi connectivity index (χ1) is 22.3. The number of anilines is 2. The van der Waals surface area contributed by atoms with Crippen molar-refractivity contribution in [3.05, 3.63) is 93.7 Å². The fraction of sp³-hybridized carbons (Fsp3) is 0.265. The molecule has 5 aromatic rings. The molecule has 46 heavy (non-hydrogen) atoms. The largest absolute Gasteiger partial charge is 0.492 e. The molecule has 0 aliphatic carbocycles. The number of benzene rings is 2. The Morgan fingerprint density at radius 3 is 2.74 bits per heavy atom. The summed E-state index contributed by atoms with van der Waals surface area (Å²) in [5, 5.41) is 14.1. The smallest absolute Gasteiger partial charge is 0.355 e. The molecule has 10 nitrogen and oxygen atoms in total. The van der Waals surface area contributed by atoms with Crippen LogP contribution in [0.25, 0.3) is 10.2 Å². The van der Waals surface area contributed by atoms with E-state index in [0.717, 1.165) is 27.8 Å². The third-order valence-corrected chi connectivity index (χ3v) is 9.48. The molecule has 0 spiro atoms. The van der Waals surface area contributed by atoms with Crippen molar-refractivity contribution in [3.8, 4) is 17.6 Å². The fourth-order valence-corrected chi connectivity index (χ4v) is 7.09. The van der Waals surface area contributed by atoms with E-state index in [9.17, 15) is 14.7 Å². The summed E-state index contributed by atoms with van der Waals surface area (Å²) >= 11 is 2.82. The lowest BCUT2D eigenvalue weighted by Crippen LogP contribution is -2.32. The van der Waals surface area contributed by atoms with Gasteiger partial charge in [-0.05, 0) is 80.7 Å². The highest BCUT2D eigenvalue weighted by atomic mass is 32.1. The van der Waals surface area contributed by atoms with Crippen molar-refractivity contribution >= 4 is 55.0 Å². The molecule has 1 amide bonds. The normalized spacial score (nSPS) is 12.5. The Kier molecular flexibility index (Phi) is 9.54. The number of aryl methyl sites for hydroxylation is 1. The summed E-state index contributed by atoms with van der Waals surface area (Å²) < 4.78 is 6.86. The molecule has 0 bridgehead atoms. The summed E-state index contributed by atoms with van der Waals surface area (Å²) in [6.45, 7) is 2.19. The van der Waals surface area contributed by atoms with Crippen LogP contribution in [-0.4, -0.2) is 70.6 Å². The Hall–Kier alpha value is -4.83. The Labute approximate surface area is 274 Å². The Balaban J connectivity index is 1.10. The number of amides is 1. The molecule has 0 saturated carbocycles. The molecular formula is C34H32N6O4S2. The molecule has 0 fully saturated rings. The van der Waals surface area contributed by atoms with Crippen LogP contribution >= 0.6 is 22.7 Å². The number of fused-ring (bicyclic) bond motifs is 2. The van der Waals surface area contributed by atoms with Crippen LogP contribution in [0.5, 0.6) is 5.75 Å². The molecule has 0 saturated heterocycles. The highest BCUT2D eigenvalue weighted by Gasteiger charge is 2.26. The second-order valence-electron chi connectivity index (χ2n) is 11.0. The van der Waals surface area contributed by atoms with Gasteiger partial charge in [0.25, 0.3) is 5.91 Å². The minimum atomic E-state index is -1.05. The number of nitrogens with zero attached hydrogens (tertiary/aromatic N) is 5. The van der Waals surface area contributed by atoms with Gasteiger partial charge in [0.1, 0.15) is 11.4 Å². The molecular weight excluding hydrogens is 621 g/mol. The molecule has 2 aromatic carbocycles. The van der Waals surface area contributed by atoms with Gasteiger partial charge in [-0.25, -0.2) is 19.7 Å². The summed E-state index contributed by atoms with van der Waals surface area (Å²) in [4.78, 5) is 43.7. The standard InChI is InChI=1S/C34H32N6O4S2/c1-39(2)17-6-9-23-14-15-24(20-35-23)44-19-7-13-29-30(32(42)43)37-34(46-29)40-18-16-22-8-5-10-25(26(22)21-40)31(41)38-33-36-27-11-3-4-12-28(27)45-33/h3-5,8,10-12,14-15,20H,7,13,16-19,21H2,1-2H3,(H,42,43)(H,36,38,41). The number of thiazole rings is 2. The van der Waals surface area contributed by atoms with Crippen LogP contribution in [0.4, 0.5) is 10.3 Å². The van der Waals surface area contributed by atoms with E-state index in [2.05, 4.69) is 37.0 Å². The first-order valence-electron chi connectivity index (χ1n) is 14.8. The number of carboxylic acid groups (broad SMARTS) is 1. The molecule has 0 atom stereocenters. The van der Waals surface area contributed by atoms with Crippen molar-refractivity contribution in [1.29, 1.82) is 0 Å². The number of hydrogen-bond acceptors (Lipinski definition) is 10. The number of carbonyl (C=O) groups excluding carboxylic acids is 1. The Morgan fingerprint density at radius 1 is 1.09 bits per heavy atom. The Morgan fingerprint density at radius 2 is 1.96 bits per heavy atom. The third kappa shape index (κ3) is 7.34. The average Bonchev–Trinajstić information content (AvgIpc) is 3.67. The van der Waals surface area contributed by atoms with E-state index in [1.807, 2.05) is 73.6 Å². The summed E-state index contributed by atoms with van der Waals surface area (Å²) in [7, 11) is 3.92. The van der Waals surface area contributed by atoms with Crippen molar-refractivity contribution in [2.45, 2.75) is 25.8 Å². The van der Waals surface area contributed by atoms with Crippen molar-refractivity contribution in [2.24, 2.45) is 0 Å². The lowest BCUT2D eigenvalue weighted by molar-refractivity contribution is 0.0690. The third-order valence-electron chi connectivity index (χ3n) is 7.36. The van der Waals surface area contributed by atoms with E-state index >= 15 is 0 Å². The molecule has 0 radical (unpaired) electrons. The summed E-state index contributed by atoms with van der Waals surface area (Å²) in [5.74, 6) is 5.44. The van der Waals surface area contributed by atoms with Gasteiger partial charge in [0.15, 0.2) is 16.0 Å². The number of aromatic carboxylic acids is 1. The van der Waals surface area contributed by atoms with Crippen molar-refractivity contribution in [1.82, 2.24) is 19.9 Å². The van der Waals surface area contributed by atoms with Crippen molar-refractivity contribution in [2.75, 3.05) is 44.0 Å². The highest BCUT2D eigenvalue weighted by molar-refractivity contribution is 7.22. The van der Waals surface area contributed by atoms with Gasteiger partial charge in [0.05, 0.1) is 29.6 Å². The van der Waals surface area contributed by atoms with E-state index in [0.29, 0.717) is 71.2 Å². The number of carbonyl (C=O) groups is 2. The minimum absolute atomic E-state index is 0.0648. The van der Waals surface area contributed by atoms with Gasteiger partial charge in [0.2, 0.25) is 0 Å². The van der Waals surface area contributed by atoms with Crippen molar-refractivity contribution < 1.29 is 19.4 Å². The van der Waals surface area contributed by atoms with Crippen molar-refractivity contribution in [3.63, 3.8) is 0 Å². The predicted octanol–water partition coefficient (Wildman–Crippen LogP) is 5.59. The van der Waals surface area contributed by atoms with Crippen LogP contribution in [0.15, 0.2) is 60.8 Å². The molecule has 6 rings (SSSR count). The van der Waals surface area contributed by atoms with Gasteiger partial charge in [-0.2, -0.15) is 0 Å². The number of ether oxygens (including phenoxy) is 1. The van der Waals surface area contributed by atoms with Gasteiger partial charge >= 0.3 is 5.97 Å². The molecule has 4 heterocycles. The van der Waals surface area contributed by atoms with Gasteiger partial charge in [-0.15, -0.1) is 11.3 Å². The number of hydrogen-bond donors (Lipinski definition) is 2. The number of para-hydroxylation sites is 1. The van der Waals surface area contributed by atoms with Crippen LogP contribution in [-0.2, 0) is 19.4 Å². The second-order valence-corrected chi connectivity index (χ2v) is 13.1. The zero-order valence-electron chi connectivity index (χ0n) is 25.4. The number of pyridine rings is 1. The zero-order chi connectivity index (χ0) is 32.0. The first-order valence-corrected chi connectivity index (χ1v) is 16.5. The maximum absolute atomic E-state index is 13.4. The lowest BCUT2D eigenvalue weighted by atomic mass is 9.94. The Bertz CT molecular complexity index is 1910. The molecule has 1 aliphatic heterocycles. The number of carboxylic acids is 1. The fourth-order valence-electron chi connectivity index (χ4n) is 5.11. The second kappa shape index (κ2) is 14.1. The van der Waals surface area contributed by atoms with Crippen LogP contribution in [0, 0.1) is 11.8 Å². The maximum Gasteiger partial charge on any atom is 0.355 e. The molecule has 1 aliphatic rings. The number of rotatable bonds is 10. The molecule has 3 aromatic heterocycles. The quantitative estimate of drug-likeness (QED) is 0.147. The first kappa shape index (κ1) is 31.2. The van der Waals surface area contributed by atoms with Gasteiger partial charge in [-0.3, -0.25) is 15.0 Å². The van der Waals surface area contributed by atoms with Gasteiger partial charge in [-0.1, -0.05) is 41.5 Å². The van der Waals surface area contributed by atoms with Crippen LogP contribution in [0.1, 0.15) is 49.0 Å². The molecule has 2 N–H and O–H groups in total. The predicted molar refractivity (Wildman–Crippen MR) is 181 cm³/mol. The van der Waals surface area contributed by atoms with E-state index in [4.69, 9.17) is 4.74 Å². The lowest BCUT2D eigenvalue weighted by Gasteiger charge is -2.29. The zero-order valence-corrected chi connectivity index (χ0v) is 27.1. The maximum atomic E-state index is 13.4. The monoisotopic (exact) mass is 652 g/mol. The minimum Gasteiger partial charge on any atom is -0.492 e. The SMILES string of the molecule is CN(C)CC#Cc1ccc(OCCCc2sc(N3CCc4cccc(C(=O)Nc5nc6ccccc6s5)c4C3)nc2C(=O)O)cn1. The van der Waals surface area contributed by atoms with E-state index < -0.39 is 5.97 Å². The number of nitrogens with one attached hydrogen (secondary N) is 1. The average molecular weight is 653 g/mol. The van der Waals surface area contributed by atoms with Gasteiger partial charge < -0.3 is 14.7 Å². The summed E-state index contributed by atoms with van der Waals surface area (Å²) in [5.41, 5.74) is 4.18. The van der Waals surface area contributed by atoms with E-state index in [-0.39, 0.29) is 11.6 Å². The highest BCUT2D eigenvalue weighted by Crippen LogP contribution is 2.33. The van der Waals surface area contributed by atoms with E-state index in [1.54, 1.807) is 6.20 Å². The number of aromatic nitrogens is 3. The van der Waals surface area contributed by atoms with E-state index in [1.165, 1.54) is 22.7 Å². The van der Waals surface area contributed by atoms with Gasteiger partial charge in [0, 0.05) is 23.5 Å². The van der Waals surface area contributed by atoms with Crippen LogP contribution < -0.4 is 15.0 Å². The molecule has 0 unspecified atom stereocenters. The topological polar surface area (TPSA) is 121 Å². The van der Waals surface area contributed by atoms with Crippen LogP contribution in [0.2, 0.25) is 0 Å². The van der Waals surface area contributed by atoms with Crippen LogP contribution in [0.3, 0.4) is 0 Å².